The number of nitrogens with one attached hydrogen (secondary N) is 2. The van der Waals surface area contributed by atoms with Crippen LogP contribution in [0.2, 0.25) is 0 Å². The lowest BCUT2D eigenvalue weighted by molar-refractivity contribution is -0.200. The number of aliphatic hydroxyl groups is 3. The molecule has 1 aliphatic heterocycles. The highest BCUT2D eigenvalue weighted by Gasteiger charge is 2.44. The molecule has 0 saturated carbocycles. The molecule has 1 aliphatic rings. The van der Waals surface area contributed by atoms with E-state index >= 15 is 0 Å². The Morgan fingerprint density at radius 3 is 2.49 bits per heavy atom. The Morgan fingerprint density at radius 1 is 1.11 bits per heavy atom. The zero-order valence-corrected chi connectivity index (χ0v) is 27.6. The van der Waals surface area contributed by atoms with Crippen LogP contribution in [0.1, 0.15) is 60.6 Å². The van der Waals surface area contributed by atoms with Crippen molar-refractivity contribution < 1.29 is 29.6 Å². The van der Waals surface area contributed by atoms with E-state index in [9.17, 15) is 24.9 Å². The number of amides is 2. The summed E-state index contributed by atoms with van der Waals surface area (Å²) in [6, 6.07) is 14.0. The number of thioether (sulfide) groups is 1. The maximum Gasteiger partial charge on any atom is 0.245 e. The van der Waals surface area contributed by atoms with Crippen LogP contribution in [0.5, 0.6) is 0 Å². The average molecular weight is 638 g/mol. The zero-order chi connectivity index (χ0) is 33.1. The molecule has 2 amide bonds. The first-order chi connectivity index (χ1) is 21.4. The smallest absolute Gasteiger partial charge is 0.245 e. The van der Waals surface area contributed by atoms with Gasteiger partial charge >= 0.3 is 0 Å². The fraction of sp³-hybridized carbons (Fsp3) is 0.486. The minimum atomic E-state index is -1.29. The van der Waals surface area contributed by atoms with Crippen molar-refractivity contribution in [2.75, 3.05) is 32.9 Å². The van der Waals surface area contributed by atoms with Gasteiger partial charge in [0.1, 0.15) is 35.4 Å². The number of hydrogen-bond donors (Lipinski definition) is 5. The quantitative estimate of drug-likeness (QED) is 0.200. The lowest BCUT2D eigenvalue weighted by Gasteiger charge is -2.40. The van der Waals surface area contributed by atoms with E-state index < -0.39 is 35.4 Å². The van der Waals surface area contributed by atoms with Gasteiger partial charge in [0.15, 0.2) is 0 Å². The molecule has 10 heteroatoms. The van der Waals surface area contributed by atoms with Gasteiger partial charge in [0.25, 0.3) is 0 Å². The molecule has 2 aromatic carbocycles. The minimum absolute atomic E-state index is 0.196. The molecule has 0 aromatic heterocycles. The molecule has 1 fully saturated rings. The summed E-state index contributed by atoms with van der Waals surface area (Å²) in [6.45, 7) is 6.97. The number of ether oxygens (including phenoxy) is 1. The predicted molar refractivity (Wildman–Crippen MR) is 179 cm³/mol. The van der Waals surface area contributed by atoms with Gasteiger partial charge in [-0.15, -0.1) is 18.2 Å². The van der Waals surface area contributed by atoms with Crippen LogP contribution in [0.15, 0.2) is 48.5 Å². The number of rotatable bonds is 14. The second-order valence-electron chi connectivity index (χ2n) is 12.0. The molecule has 5 N–H and O–H groups in total. The summed E-state index contributed by atoms with van der Waals surface area (Å²) in [4.78, 5) is 26.9. The van der Waals surface area contributed by atoms with Gasteiger partial charge in [0.05, 0.1) is 6.54 Å². The van der Waals surface area contributed by atoms with E-state index in [1.165, 1.54) is 11.8 Å². The van der Waals surface area contributed by atoms with Crippen molar-refractivity contribution in [3.8, 4) is 12.3 Å². The first-order valence-corrected chi connectivity index (χ1v) is 16.4. The van der Waals surface area contributed by atoms with E-state index in [-0.39, 0.29) is 18.2 Å². The first-order valence-electron chi connectivity index (χ1n) is 15.1. The Bertz CT molecular complexity index is 1350. The summed E-state index contributed by atoms with van der Waals surface area (Å²) in [5.41, 5.74) is 3.39. The standard InChI is InChI=1S/C35H47N3O6S/c1-7-19-38(5)20-18-36-34(43)35(3,4)37-28(39)11-9-8-10-24-13-15-25(16-14-24)21-27-22-26(17-12-23(27)2)32-30(41)29(40)31(42)33(44-32)45-6/h1,8,10,12-17,22,29-33,40-42H,9,11,18-21H2,2-6H3,(H,36,43)(H,37,39)/b10-8+/t29-,30-,31+,32+,33-/m1/s1. The minimum Gasteiger partial charge on any atom is -0.387 e. The highest BCUT2D eigenvalue weighted by molar-refractivity contribution is 7.99. The average Bonchev–Trinajstić information content (AvgIpc) is 3.00. The molecule has 5 atom stereocenters. The number of aryl methyl sites for hydroxylation is 1. The monoisotopic (exact) mass is 637 g/mol. The number of carbonyl (C=O) groups is 2. The number of terminal acetylenes is 1. The van der Waals surface area contributed by atoms with Gasteiger partial charge in [-0.1, -0.05) is 60.5 Å². The van der Waals surface area contributed by atoms with Crippen LogP contribution in [0, 0.1) is 19.3 Å². The molecule has 2 aromatic rings. The Labute approximate surface area is 271 Å². The highest BCUT2D eigenvalue weighted by atomic mass is 32.2. The molecule has 45 heavy (non-hydrogen) atoms. The van der Waals surface area contributed by atoms with Gasteiger partial charge in [-0.25, -0.2) is 0 Å². The Hall–Kier alpha value is -3.17. The Kier molecular flexibility index (Phi) is 13.7. The number of aliphatic hydroxyl groups excluding tert-OH is 3. The first kappa shape index (κ1) is 36.3. The Balaban J connectivity index is 1.50. The molecule has 244 valence electrons. The third-order valence-corrected chi connectivity index (χ3v) is 8.74. The lowest BCUT2D eigenvalue weighted by atomic mass is 9.91. The second-order valence-corrected chi connectivity index (χ2v) is 13.0. The van der Waals surface area contributed by atoms with Gasteiger partial charge < -0.3 is 30.7 Å². The maximum atomic E-state index is 12.5. The van der Waals surface area contributed by atoms with E-state index in [2.05, 4.69) is 28.7 Å². The summed E-state index contributed by atoms with van der Waals surface area (Å²) >= 11 is 1.30. The van der Waals surface area contributed by atoms with Crippen molar-refractivity contribution in [1.82, 2.24) is 15.5 Å². The van der Waals surface area contributed by atoms with Crippen LogP contribution >= 0.6 is 11.8 Å². The molecule has 0 radical (unpaired) electrons. The van der Waals surface area contributed by atoms with E-state index in [0.717, 1.165) is 27.8 Å². The number of nitrogens with zero attached hydrogens (tertiary/aromatic N) is 1. The van der Waals surface area contributed by atoms with Gasteiger partial charge in [-0.05, 0) is 74.7 Å². The number of hydrogen-bond acceptors (Lipinski definition) is 8. The molecule has 0 aliphatic carbocycles. The van der Waals surface area contributed by atoms with Crippen molar-refractivity contribution >= 4 is 29.7 Å². The van der Waals surface area contributed by atoms with Crippen LogP contribution in [0.25, 0.3) is 6.08 Å². The second kappa shape index (κ2) is 16.9. The molecular weight excluding hydrogens is 590 g/mol. The zero-order valence-electron chi connectivity index (χ0n) is 26.8. The van der Waals surface area contributed by atoms with Gasteiger partial charge in [0.2, 0.25) is 11.8 Å². The van der Waals surface area contributed by atoms with Crippen LogP contribution in [-0.4, -0.2) is 94.3 Å². The summed E-state index contributed by atoms with van der Waals surface area (Å²) in [5, 5.41) is 36.8. The maximum absolute atomic E-state index is 12.5. The van der Waals surface area contributed by atoms with Gasteiger partial charge in [0, 0.05) is 19.5 Å². The van der Waals surface area contributed by atoms with Crippen LogP contribution in [0.4, 0.5) is 0 Å². The van der Waals surface area contributed by atoms with Crippen LogP contribution in [0.3, 0.4) is 0 Å². The van der Waals surface area contributed by atoms with Crippen LogP contribution in [-0.2, 0) is 20.7 Å². The number of carbonyl (C=O) groups excluding carboxylic acids is 2. The molecule has 0 unspecified atom stereocenters. The summed E-state index contributed by atoms with van der Waals surface area (Å²) in [7, 11) is 1.88. The third-order valence-electron chi connectivity index (χ3n) is 7.89. The normalized spacial score (nSPS) is 21.9. The fourth-order valence-electron chi connectivity index (χ4n) is 5.06. The van der Waals surface area contributed by atoms with Gasteiger partial charge in [-0.3, -0.25) is 14.5 Å². The van der Waals surface area contributed by atoms with Crippen molar-refractivity contribution in [1.29, 1.82) is 0 Å². The molecule has 0 bridgehead atoms. The number of likely N-dealkylation sites (N-methyl/N-ethyl adjacent to an activating group) is 1. The summed E-state index contributed by atoms with van der Waals surface area (Å²) in [6.07, 6.45) is 8.05. The molecule has 9 nitrogen and oxygen atoms in total. The molecular formula is C35H47N3O6S. The Morgan fingerprint density at radius 2 is 1.82 bits per heavy atom. The fourth-order valence-corrected chi connectivity index (χ4v) is 5.73. The molecule has 0 spiro atoms. The largest absolute Gasteiger partial charge is 0.387 e. The van der Waals surface area contributed by atoms with Crippen molar-refractivity contribution in [3.05, 3.63) is 76.4 Å². The molecule has 3 rings (SSSR count). The van der Waals surface area contributed by atoms with Gasteiger partial charge in [-0.2, -0.15) is 0 Å². The van der Waals surface area contributed by atoms with E-state index in [4.69, 9.17) is 11.2 Å². The van der Waals surface area contributed by atoms with E-state index in [1.54, 1.807) is 20.1 Å². The third kappa shape index (κ3) is 10.4. The number of allylic oxidation sites excluding steroid dienone is 1. The molecule has 1 heterocycles. The predicted octanol–water partition coefficient (Wildman–Crippen LogP) is 2.80. The van der Waals surface area contributed by atoms with E-state index in [0.29, 0.717) is 32.5 Å². The molecule has 1 saturated heterocycles. The summed E-state index contributed by atoms with van der Waals surface area (Å²) in [5.74, 6) is 2.11. The lowest BCUT2D eigenvalue weighted by Crippen LogP contribution is -2.55. The topological polar surface area (TPSA) is 131 Å². The highest BCUT2D eigenvalue weighted by Crippen LogP contribution is 2.36. The van der Waals surface area contributed by atoms with Crippen molar-refractivity contribution in [2.45, 2.75) is 75.4 Å². The number of benzene rings is 2. The SMILES string of the molecule is C#CCN(C)CCNC(=O)C(C)(C)NC(=O)CC/C=C/c1ccc(Cc2cc([C@@H]3O[C@H](SC)[C@@H](O)[C@H](O)[C@H]3O)ccc2C)cc1. The van der Waals surface area contributed by atoms with Crippen LogP contribution < -0.4 is 10.6 Å². The van der Waals surface area contributed by atoms with E-state index in [1.807, 2.05) is 61.4 Å². The van der Waals surface area contributed by atoms with Crippen molar-refractivity contribution in [3.63, 3.8) is 0 Å². The van der Waals surface area contributed by atoms with Crippen molar-refractivity contribution in [2.24, 2.45) is 0 Å². The summed E-state index contributed by atoms with van der Waals surface area (Å²) < 4.78 is 5.95.